The van der Waals surface area contributed by atoms with Crippen molar-refractivity contribution in [2.75, 3.05) is 59.8 Å². The van der Waals surface area contributed by atoms with E-state index in [1.54, 1.807) is 28.4 Å². The molecule has 23 heavy (non-hydrogen) atoms. The van der Waals surface area contributed by atoms with Crippen molar-refractivity contribution in [3.8, 4) is 0 Å². The fourth-order valence-electron chi connectivity index (χ4n) is 2.27. The molecule has 5 nitrogen and oxygen atoms in total. The first kappa shape index (κ1) is 23.4. The Kier molecular flexibility index (Phi) is 17.5. The van der Waals surface area contributed by atoms with Gasteiger partial charge < -0.3 is 22.8 Å². The van der Waals surface area contributed by atoms with Crippen LogP contribution in [0.4, 0.5) is 0 Å². The molecule has 0 spiro atoms. The normalized spacial score (nSPS) is 12.0. The van der Waals surface area contributed by atoms with Gasteiger partial charge >= 0.3 is 8.80 Å². The smallest absolute Gasteiger partial charge is 0.382 e. The van der Waals surface area contributed by atoms with Crippen molar-refractivity contribution in [1.29, 1.82) is 0 Å². The Bertz CT molecular complexity index is 234. The van der Waals surface area contributed by atoms with Gasteiger partial charge in [-0.1, -0.05) is 25.7 Å². The zero-order valence-electron chi connectivity index (χ0n) is 15.4. The predicted molar refractivity (Wildman–Crippen MR) is 99.3 cm³/mol. The van der Waals surface area contributed by atoms with Crippen molar-refractivity contribution < 1.29 is 22.8 Å². The third-order valence-electron chi connectivity index (χ3n) is 3.76. The van der Waals surface area contributed by atoms with E-state index in [9.17, 15) is 0 Å². The first-order valence-corrected chi connectivity index (χ1v) is 11.6. The van der Waals surface area contributed by atoms with Crippen molar-refractivity contribution in [3.05, 3.63) is 0 Å². The Hall–Kier alpha value is 0.367. The highest BCUT2D eigenvalue weighted by atomic mass is 32.2. The van der Waals surface area contributed by atoms with Crippen LogP contribution < -0.4 is 0 Å². The van der Waals surface area contributed by atoms with Crippen LogP contribution in [0.25, 0.3) is 0 Å². The highest BCUT2D eigenvalue weighted by molar-refractivity contribution is 7.99. The maximum Gasteiger partial charge on any atom is 0.500 e. The second kappa shape index (κ2) is 17.2. The molecular weight excluding hydrogens is 332 g/mol. The van der Waals surface area contributed by atoms with E-state index in [0.29, 0.717) is 13.2 Å². The molecule has 0 aliphatic rings. The third-order valence-corrected chi connectivity index (χ3v) is 7.62. The Labute approximate surface area is 148 Å². The Morgan fingerprint density at radius 1 is 0.652 bits per heavy atom. The number of methoxy groups -OCH3 is 1. The molecule has 0 unspecified atom stereocenters. The van der Waals surface area contributed by atoms with Gasteiger partial charge in [0.2, 0.25) is 0 Å². The summed E-state index contributed by atoms with van der Waals surface area (Å²) in [5.41, 5.74) is 0. The number of hydrogen-bond acceptors (Lipinski definition) is 6. The largest absolute Gasteiger partial charge is 0.500 e. The van der Waals surface area contributed by atoms with Crippen molar-refractivity contribution in [2.45, 2.75) is 44.6 Å². The zero-order chi connectivity index (χ0) is 17.2. The fraction of sp³-hybridized carbons (Fsp3) is 1.00. The second-order valence-corrected chi connectivity index (χ2v) is 9.70. The first-order chi connectivity index (χ1) is 11.2. The Morgan fingerprint density at radius 3 is 1.87 bits per heavy atom. The molecule has 0 aromatic carbocycles. The lowest BCUT2D eigenvalue weighted by Crippen LogP contribution is -2.42. The highest BCUT2D eigenvalue weighted by Gasteiger charge is 2.36. The average molecular weight is 369 g/mol. The zero-order valence-corrected chi connectivity index (χ0v) is 17.3. The van der Waals surface area contributed by atoms with E-state index < -0.39 is 8.80 Å². The van der Waals surface area contributed by atoms with Crippen molar-refractivity contribution in [2.24, 2.45) is 0 Å². The van der Waals surface area contributed by atoms with Gasteiger partial charge in [0.05, 0.1) is 19.8 Å². The molecule has 0 atom stereocenters. The number of rotatable bonds is 18. The molecule has 0 bridgehead atoms. The molecule has 0 fully saturated rings. The maximum absolute atomic E-state index is 5.43. The van der Waals surface area contributed by atoms with Gasteiger partial charge in [-0.15, -0.1) is 0 Å². The molecule has 0 aliphatic heterocycles. The van der Waals surface area contributed by atoms with E-state index in [-0.39, 0.29) is 0 Å². The first-order valence-electron chi connectivity index (χ1n) is 8.54. The summed E-state index contributed by atoms with van der Waals surface area (Å²) in [6.45, 7) is 2.22. The minimum Gasteiger partial charge on any atom is -0.382 e. The molecule has 0 radical (unpaired) electrons. The molecule has 140 valence electrons. The van der Waals surface area contributed by atoms with Crippen molar-refractivity contribution in [3.63, 3.8) is 0 Å². The van der Waals surface area contributed by atoms with Gasteiger partial charge in [-0.25, -0.2) is 0 Å². The monoisotopic (exact) mass is 368 g/mol. The number of thioether (sulfide) groups is 1. The van der Waals surface area contributed by atoms with Crippen molar-refractivity contribution in [1.82, 2.24) is 0 Å². The Balaban J connectivity index is 3.25. The predicted octanol–water partition coefficient (Wildman–Crippen LogP) is 3.60. The van der Waals surface area contributed by atoms with E-state index in [2.05, 4.69) is 0 Å². The molecular formula is C16H36O5SSi. The van der Waals surface area contributed by atoms with Gasteiger partial charge in [-0.3, -0.25) is 0 Å². The standard InChI is InChI=1S/C16H36O5SSi/c1-17-11-12-21-13-15-22-14-9-7-5-6-8-10-16-23(18-2,19-3)20-4/h5-16H2,1-4H3. The summed E-state index contributed by atoms with van der Waals surface area (Å²) in [5, 5.41) is 0. The van der Waals surface area contributed by atoms with Crippen LogP contribution in [0, 0.1) is 0 Å². The molecule has 0 saturated carbocycles. The molecule has 0 aromatic heterocycles. The summed E-state index contributed by atoms with van der Waals surface area (Å²) in [6.07, 6.45) is 7.56. The van der Waals surface area contributed by atoms with E-state index in [0.717, 1.165) is 24.8 Å². The minimum absolute atomic E-state index is 0.688. The SMILES string of the molecule is COCCOCCSCCCCCCCC[Si](OC)(OC)OC. The van der Waals surface area contributed by atoms with Gasteiger partial charge in [-0.05, 0) is 18.6 Å². The van der Waals surface area contributed by atoms with Gasteiger partial charge in [0, 0.05) is 40.2 Å². The summed E-state index contributed by atoms with van der Waals surface area (Å²) in [4.78, 5) is 0. The molecule has 0 saturated heterocycles. The van der Waals surface area contributed by atoms with Crippen LogP contribution in [-0.2, 0) is 22.8 Å². The van der Waals surface area contributed by atoms with Gasteiger partial charge in [0.15, 0.2) is 0 Å². The summed E-state index contributed by atoms with van der Waals surface area (Å²) >= 11 is 1.98. The average Bonchev–Trinajstić information content (AvgIpc) is 2.59. The van der Waals surface area contributed by atoms with Gasteiger partial charge in [0.25, 0.3) is 0 Å². The third kappa shape index (κ3) is 13.3. The number of unbranched alkanes of at least 4 members (excludes halogenated alkanes) is 5. The van der Waals surface area contributed by atoms with E-state index in [4.69, 9.17) is 22.8 Å². The molecule has 0 rings (SSSR count). The lowest BCUT2D eigenvalue weighted by molar-refractivity contribution is 0.0790. The van der Waals surface area contributed by atoms with Gasteiger partial charge in [0.1, 0.15) is 0 Å². The number of hydrogen-bond donors (Lipinski definition) is 0. The van der Waals surface area contributed by atoms with Gasteiger partial charge in [-0.2, -0.15) is 11.8 Å². The van der Waals surface area contributed by atoms with E-state index in [1.165, 1.54) is 37.9 Å². The fourth-order valence-corrected chi connectivity index (χ4v) is 4.92. The van der Waals surface area contributed by atoms with Crippen LogP contribution in [0.2, 0.25) is 6.04 Å². The quantitative estimate of drug-likeness (QED) is 0.272. The second-order valence-electron chi connectivity index (χ2n) is 5.38. The number of ether oxygens (including phenoxy) is 2. The van der Waals surface area contributed by atoms with E-state index >= 15 is 0 Å². The van der Waals surface area contributed by atoms with Crippen molar-refractivity contribution >= 4 is 20.6 Å². The van der Waals surface area contributed by atoms with E-state index in [1.807, 2.05) is 11.8 Å². The highest BCUT2D eigenvalue weighted by Crippen LogP contribution is 2.18. The summed E-state index contributed by atoms with van der Waals surface area (Å²) in [7, 11) is 4.39. The molecule has 7 heteroatoms. The lowest BCUT2D eigenvalue weighted by Gasteiger charge is -2.24. The summed E-state index contributed by atoms with van der Waals surface area (Å²) < 4.78 is 26.6. The van der Waals surface area contributed by atoms with Crippen LogP contribution in [0.15, 0.2) is 0 Å². The van der Waals surface area contributed by atoms with Crippen LogP contribution >= 0.6 is 11.8 Å². The summed E-state index contributed by atoms with van der Waals surface area (Å²) in [6, 6.07) is 0.912. The molecule has 0 aromatic rings. The van der Waals surface area contributed by atoms with Crippen LogP contribution in [0.5, 0.6) is 0 Å². The molecule has 0 aliphatic carbocycles. The topological polar surface area (TPSA) is 46.2 Å². The lowest BCUT2D eigenvalue weighted by atomic mass is 10.1. The maximum atomic E-state index is 5.43. The van der Waals surface area contributed by atoms with Crippen LogP contribution in [0.3, 0.4) is 0 Å². The minimum atomic E-state index is -2.34. The molecule has 0 heterocycles. The Morgan fingerprint density at radius 2 is 1.26 bits per heavy atom. The molecule has 0 amide bonds. The summed E-state index contributed by atoms with van der Waals surface area (Å²) in [5.74, 6) is 2.32. The van der Waals surface area contributed by atoms with Crippen LogP contribution in [0.1, 0.15) is 38.5 Å². The van der Waals surface area contributed by atoms with Crippen LogP contribution in [-0.4, -0.2) is 68.6 Å². The molecule has 0 N–H and O–H groups in total.